The van der Waals surface area contributed by atoms with E-state index in [0.717, 1.165) is 23.1 Å². The molecule has 104 valence electrons. The van der Waals surface area contributed by atoms with Crippen molar-refractivity contribution in [2.75, 3.05) is 6.61 Å². The van der Waals surface area contributed by atoms with Crippen LogP contribution < -0.4 is 4.74 Å². The van der Waals surface area contributed by atoms with E-state index in [1.54, 1.807) is 0 Å². The summed E-state index contributed by atoms with van der Waals surface area (Å²) in [6.45, 7) is 4.36. The lowest BCUT2D eigenvalue weighted by atomic mass is 9.97. The van der Waals surface area contributed by atoms with Gasteiger partial charge in [-0.25, -0.2) is 0 Å². The molecule has 0 radical (unpaired) electrons. The summed E-state index contributed by atoms with van der Waals surface area (Å²) < 4.78 is 6.56. The average molecular weight is 326 g/mol. The topological polar surface area (TPSA) is 29.5 Å². The number of nitrogens with zero attached hydrogens (tertiary/aromatic N) is 1. The lowest BCUT2D eigenvalue weighted by Gasteiger charge is -2.38. The summed E-state index contributed by atoms with van der Waals surface area (Å²) in [4.78, 5) is 14.2. The lowest BCUT2D eigenvalue weighted by molar-refractivity contribution is -0.139. The number of halogens is 1. The summed E-state index contributed by atoms with van der Waals surface area (Å²) in [6, 6.07) is 8.19. The van der Waals surface area contributed by atoms with Crippen molar-refractivity contribution in [1.82, 2.24) is 4.90 Å². The number of hydrogen-bond donors (Lipinski definition) is 0. The Hall–Kier alpha value is -1.03. The van der Waals surface area contributed by atoms with E-state index in [1.165, 1.54) is 6.42 Å². The number of carbonyl (C=O) groups is 1. The minimum absolute atomic E-state index is 0.0858. The number of carbonyl (C=O) groups excluding carboxylic acids is 1. The van der Waals surface area contributed by atoms with Gasteiger partial charge in [-0.3, -0.25) is 4.79 Å². The van der Waals surface area contributed by atoms with Crippen molar-refractivity contribution in [3.05, 3.63) is 28.7 Å². The van der Waals surface area contributed by atoms with Crippen LogP contribution in [0.25, 0.3) is 0 Å². The van der Waals surface area contributed by atoms with Crippen molar-refractivity contribution in [2.45, 2.75) is 45.2 Å². The first kappa shape index (κ1) is 14.4. The van der Waals surface area contributed by atoms with E-state index in [-0.39, 0.29) is 12.5 Å². The van der Waals surface area contributed by atoms with Gasteiger partial charge in [-0.1, -0.05) is 15.9 Å². The van der Waals surface area contributed by atoms with Gasteiger partial charge in [0, 0.05) is 16.6 Å². The molecule has 0 unspecified atom stereocenters. The Morgan fingerprint density at radius 2 is 1.84 bits per heavy atom. The van der Waals surface area contributed by atoms with E-state index in [1.807, 2.05) is 29.2 Å². The van der Waals surface area contributed by atoms with Crippen LogP contribution in [0.5, 0.6) is 5.75 Å². The van der Waals surface area contributed by atoms with Gasteiger partial charge in [-0.15, -0.1) is 0 Å². The highest BCUT2D eigenvalue weighted by Crippen LogP contribution is 2.23. The molecule has 2 atom stereocenters. The highest BCUT2D eigenvalue weighted by atomic mass is 79.9. The van der Waals surface area contributed by atoms with Crippen LogP contribution in [0.4, 0.5) is 0 Å². The van der Waals surface area contributed by atoms with Gasteiger partial charge in [0.25, 0.3) is 5.91 Å². The summed E-state index contributed by atoms with van der Waals surface area (Å²) in [5.41, 5.74) is 0. The fraction of sp³-hybridized carbons (Fsp3) is 0.533. The predicted molar refractivity (Wildman–Crippen MR) is 79.3 cm³/mol. The van der Waals surface area contributed by atoms with Crippen LogP contribution in [0.2, 0.25) is 0 Å². The highest BCUT2D eigenvalue weighted by molar-refractivity contribution is 9.10. The predicted octanol–water partition coefficient (Wildman–Crippen LogP) is 3.62. The molecule has 1 aromatic rings. The molecule has 1 aliphatic rings. The third kappa shape index (κ3) is 3.72. The molecule has 0 N–H and O–H groups in total. The third-order valence-electron chi connectivity index (χ3n) is 3.66. The standard InChI is InChI=1S/C15H20BrNO2/c1-11-4-3-5-12(2)17(11)15(18)10-19-14-8-6-13(16)7-9-14/h6-9,11-12H,3-5,10H2,1-2H3/t11-,12-/m1/s1. The number of rotatable bonds is 3. The van der Waals surface area contributed by atoms with Crippen LogP contribution in [0.1, 0.15) is 33.1 Å². The molecule has 1 amide bonds. The zero-order valence-corrected chi connectivity index (χ0v) is 13.0. The Bertz CT molecular complexity index is 422. The number of hydrogen-bond acceptors (Lipinski definition) is 2. The van der Waals surface area contributed by atoms with Gasteiger partial charge in [-0.05, 0) is 57.4 Å². The summed E-state index contributed by atoms with van der Waals surface area (Å²) in [6.07, 6.45) is 3.39. The molecule has 1 heterocycles. The Morgan fingerprint density at radius 1 is 1.26 bits per heavy atom. The second-order valence-electron chi connectivity index (χ2n) is 5.17. The monoisotopic (exact) mass is 325 g/mol. The van der Waals surface area contributed by atoms with Crippen molar-refractivity contribution < 1.29 is 9.53 Å². The molecule has 1 aromatic carbocycles. The quantitative estimate of drug-likeness (QED) is 0.849. The van der Waals surface area contributed by atoms with Gasteiger partial charge in [0.1, 0.15) is 5.75 Å². The normalized spacial score (nSPS) is 23.2. The fourth-order valence-electron chi connectivity index (χ4n) is 2.66. The average Bonchev–Trinajstić information content (AvgIpc) is 2.38. The maximum absolute atomic E-state index is 12.3. The Balaban J connectivity index is 1.91. The zero-order valence-electron chi connectivity index (χ0n) is 11.4. The van der Waals surface area contributed by atoms with Gasteiger partial charge in [0.2, 0.25) is 0 Å². The number of amides is 1. The van der Waals surface area contributed by atoms with Crippen molar-refractivity contribution in [1.29, 1.82) is 0 Å². The van der Waals surface area contributed by atoms with E-state index >= 15 is 0 Å². The van der Waals surface area contributed by atoms with Crippen LogP contribution in [-0.2, 0) is 4.79 Å². The van der Waals surface area contributed by atoms with Gasteiger partial charge in [0.15, 0.2) is 6.61 Å². The molecule has 2 rings (SSSR count). The van der Waals surface area contributed by atoms with E-state index < -0.39 is 0 Å². The van der Waals surface area contributed by atoms with Crippen LogP contribution in [0, 0.1) is 0 Å². The van der Waals surface area contributed by atoms with Gasteiger partial charge >= 0.3 is 0 Å². The molecule has 1 aliphatic heterocycles. The van der Waals surface area contributed by atoms with Crippen LogP contribution in [0.3, 0.4) is 0 Å². The van der Waals surface area contributed by atoms with Crippen LogP contribution >= 0.6 is 15.9 Å². The molecular formula is C15H20BrNO2. The first-order valence-electron chi connectivity index (χ1n) is 6.77. The Morgan fingerprint density at radius 3 is 2.42 bits per heavy atom. The molecule has 1 fully saturated rings. The van der Waals surface area contributed by atoms with Gasteiger partial charge in [-0.2, -0.15) is 0 Å². The maximum Gasteiger partial charge on any atom is 0.260 e. The number of piperidine rings is 1. The maximum atomic E-state index is 12.3. The third-order valence-corrected chi connectivity index (χ3v) is 4.19. The molecule has 0 saturated carbocycles. The summed E-state index contributed by atoms with van der Waals surface area (Å²) >= 11 is 3.37. The molecule has 1 saturated heterocycles. The molecule has 0 spiro atoms. The van der Waals surface area contributed by atoms with Crippen molar-refractivity contribution in [3.8, 4) is 5.75 Å². The van der Waals surface area contributed by atoms with E-state index in [0.29, 0.717) is 12.1 Å². The summed E-state index contributed by atoms with van der Waals surface area (Å²) in [5, 5.41) is 0. The minimum atomic E-state index is 0.0858. The fourth-order valence-corrected chi connectivity index (χ4v) is 2.93. The number of likely N-dealkylation sites (tertiary alicyclic amines) is 1. The van der Waals surface area contributed by atoms with Crippen molar-refractivity contribution in [3.63, 3.8) is 0 Å². The molecule has 3 nitrogen and oxygen atoms in total. The molecule has 0 bridgehead atoms. The smallest absolute Gasteiger partial charge is 0.260 e. The molecule has 0 aliphatic carbocycles. The van der Waals surface area contributed by atoms with Crippen molar-refractivity contribution >= 4 is 21.8 Å². The van der Waals surface area contributed by atoms with Crippen LogP contribution in [-0.4, -0.2) is 29.5 Å². The van der Waals surface area contributed by atoms with Crippen LogP contribution in [0.15, 0.2) is 28.7 Å². The summed E-state index contributed by atoms with van der Waals surface area (Å²) in [5.74, 6) is 0.816. The lowest BCUT2D eigenvalue weighted by Crippen LogP contribution is -2.49. The summed E-state index contributed by atoms with van der Waals surface area (Å²) in [7, 11) is 0. The highest BCUT2D eigenvalue weighted by Gasteiger charge is 2.28. The molecule has 19 heavy (non-hydrogen) atoms. The van der Waals surface area contributed by atoms with E-state index in [2.05, 4.69) is 29.8 Å². The largest absolute Gasteiger partial charge is 0.484 e. The van der Waals surface area contributed by atoms with Gasteiger partial charge < -0.3 is 9.64 Å². The Labute approximate surface area is 123 Å². The van der Waals surface area contributed by atoms with Crippen molar-refractivity contribution in [2.24, 2.45) is 0 Å². The number of benzene rings is 1. The first-order chi connectivity index (χ1) is 9.08. The van der Waals surface area contributed by atoms with E-state index in [4.69, 9.17) is 4.74 Å². The molecular weight excluding hydrogens is 306 g/mol. The Kier molecular flexibility index (Phi) is 4.86. The van der Waals surface area contributed by atoms with Gasteiger partial charge in [0.05, 0.1) is 0 Å². The minimum Gasteiger partial charge on any atom is -0.484 e. The second kappa shape index (κ2) is 6.42. The molecule has 4 heteroatoms. The SMILES string of the molecule is C[C@@H]1CCC[C@@H](C)N1C(=O)COc1ccc(Br)cc1. The number of ether oxygens (including phenoxy) is 1. The molecule has 0 aromatic heterocycles. The first-order valence-corrected chi connectivity index (χ1v) is 7.57. The van der Waals surface area contributed by atoms with E-state index in [9.17, 15) is 4.79 Å². The zero-order chi connectivity index (χ0) is 13.8. The second-order valence-corrected chi connectivity index (χ2v) is 6.09.